The van der Waals surface area contributed by atoms with Crippen molar-refractivity contribution >= 4 is 22.9 Å². The second kappa shape index (κ2) is 4.18. The first-order chi connectivity index (χ1) is 3.31. The molecule has 0 saturated heterocycles. The lowest BCUT2D eigenvalue weighted by Crippen LogP contribution is -1.89. The maximum atomic E-state index is 3.53. The Hall–Kier alpha value is 0.0100. The van der Waals surface area contributed by atoms with Crippen molar-refractivity contribution in [3.05, 3.63) is 24.4 Å². The van der Waals surface area contributed by atoms with E-state index < -0.39 is 0 Å². The van der Waals surface area contributed by atoms with Crippen molar-refractivity contribution in [1.29, 1.82) is 0 Å². The topological polar surface area (TPSA) is 12.0 Å². The molecule has 40 valence electrons. The molecule has 0 saturated carbocycles. The SMILES string of the molecule is C=C/C=C(\C)NI. The molecule has 1 N–H and O–H groups in total. The van der Waals surface area contributed by atoms with Gasteiger partial charge in [0, 0.05) is 5.70 Å². The molecule has 0 rings (SSSR count). The largest absolute Gasteiger partial charge is 0.332 e. The van der Waals surface area contributed by atoms with Crippen LogP contribution in [0.1, 0.15) is 6.92 Å². The van der Waals surface area contributed by atoms with E-state index in [1.165, 1.54) is 0 Å². The highest BCUT2D eigenvalue weighted by Crippen LogP contribution is 1.87. The molecule has 0 radical (unpaired) electrons. The van der Waals surface area contributed by atoms with Gasteiger partial charge in [0.15, 0.2) is 0 Å². The van der Waals surface area contributed by atoms with Gasteiger partial charge in [-0.1, -0.05) is 12.7 Å². The number of rotatable bonds is 2. The van der Waals surface area contributed by atoms with Crippen LogP contribution in [0.15, 0.2) is 24.4 Å². The molecule has 7 heavy (non-hydrogen) atoms. The molecule has 0 aliphatic heterocycles. The molecular formula is C5H8IN. The highest BCUT2D eigenvalue weighted by molar-refractivity contribution is 14.1. The number of nitrogens with one attached hydrogen (secondary N) is 1. The van der Waals surface area contributed by atoms with Gasteiger partial charge in [0.1, 0.15) is 0 Å². The second-order valence-corrected chi connectivity index (χ2v) is 1.72. The highest BCUT2D eigenvalue weighted by Gasteiger charge is 1.73. The third kappa shape index (κ3) is 3.85. The van der Waals surface area contributed by atoms with E-state index in [1.54, 1.807) is 6.08 Å². The first-order valence-electron chi connectivity index (χ1n) is 1.97. The molecule has 0 spiro atoms. The second-order valence-electron chi connectivity index (χ2n) is 1.18. The average molecular weight is 209 g/mol. The number of halogens is 1. The fourth-order valence-electron chi connectivity index (χ4n) is 0.208. The minimum absolute atomic E-state index is 1.12. The Kier molecular flexibility index (Phi) is 4.18. The maximum Gasteiger partial charge on any atom is 0.0557 e. The molecule has 0 atom stereocenters. The lowest BCUT2D eigenvalue weighted by molar-refractivity contribution is 1.25. The fraction of sp³-hybridized carbons (Fsp3) is 0.200. The molecule has 0 fully saturated rings. The zero-order chi connectivity index (χ0) is 5.70. The van der Waals surface area contributed by atoms with E-state index >= 15 is 0 Å². The minimum atomic E-state index is 1.12. The Balaban J connectivity index is 3.49. The van der Waals surface area contributed by atoms with E-state index in [2.05, 4.69) is 33.0 Å². The molecule has 0 unspecified atom stereocenters. The summed E-state index contributed by atoms with van der Waals surface area (Å²) in [6.45, 7) is 5.51. The molecule has 1 nitrogen and oxygen atoms in total. The first-order valence-corrected chi connectivity index (χ1v) is 3.05. The number of hydrogen-bond donors (Lipinski definition) is 1. The summed E-state index contributed by atoms with van der Waals surface area (Å²) >= 11 is 2.07. The predicted molar refractivity (Wildman–Crippen MR) is 41.1 cm³/mol. The molecule has 0 aliphatic carbocycles. The maximum absolute atomic E-state index is 3.53. The van der Waals surface area contributed by atoms with Crippen LogP contribution in [0, 0.1) is 0 Å². The van der Waals surface area contributed by atoms with Crippen LogP contribution in [0.3, 0.4) is 0 Å². The molecule has 0 aromatic rings. The summed E-state index contributed by atoms with van der Waals surface area (Å²) in [5, 5.41) is 0. The van der Waals surface area contributed by atoms with Crippen LogP contribution in [0.4, 0.5) is 0 Å². The Labute approximate surface area is 58.0 Å². The smallest absolute Gasteiger partial charge is 0.0557 e. The Morgan fingerprint density at radius 3 is 2.57 bits per heavy atom. The van der Waals surface area contributed by atoms with E-state index in [1.807, 2.05) is 13.0 Å². The molecule has 0 amide bonds. The van der Waals surface area contributed by atoms with Crippen LogP contribution in [-0.2, 0) is 0 Å². The first kappa shape index (κ1) is 7.01. The lowest BCUT2D eigenvalue weighted by Gasteiger charge is -1.89. The molecule has 0 bridgehead atoms. The fourth-order valence-corrected chi connectivity index (χ4v) is 0.388. The summed E-state index contributed by atoms with van der Waals surface area (Å²) in [7, 11) is 0. The van der Waals surface area contributed by atoms with Gasteiger partial charge in [-0.2, -0.15) is 0 Å². The summed E-state index contributed by atoms with van der Waals surface area (Å²) in [5.41, 5.74) is 1.12. The van der Waals surface area contributed by atoms with Crippen LogP contribution < -0.4 is 3.53 Å². The normalized spacial score (nSPS) is 10.9. The van der Waals surface area contributed by atoms with Gasteiger partial charge < -0.3 is 3.53 Å². The van der Waals surface area contributed by atoms with Crippen molar-refractivity contribution in [2.75, 3.05) is 0 Å². The molecule has 0 aliphatic rings. The zero-order valence-corrected chi connectivity index (χ0v) is 6.40. The zero-order valence-electron chi connectivity index (χ0n) is 4.24. The number of hydrogen-bond acceptors (Lipinski definition) is 1. The van der Waals surface area contributed by atoms with Crippen LogP contribution >= 0.6 is 22.9 Å². The average Bonchev–Trinajstić information content (AvgIpc) is 1.68. The van der Waals surface area contributed by atoms with Gasteiger partial charge in [0.2, 0.25) is 0 Å². The van der Waals surface area contributed by atoms with Gasteiger partial charge >= 0.3 is 0 Å². The van der Waals surface area contributed by atoms with Crippen LogP contribution in [0.25, 0.3) is 0 Å². The monoisotopic (exact) mass is 209 g/mol. The summed E-state index contributed by atoms with van der Waals surface area (Å²) in [6.07, 6.45) is 3.66. The van der Waals surface area contributed by atoms with Gasteiger partial charge in [-0.25, -0.2) is 0 Å². The third-order valence-corrected chi connectivity index (χ3v) is 1.37. The van der Waals surface area contributed by atoms with Crippen molar-refractivity contribution in [3.8, 4) is 0 Å². The number of allylic oxidation sites excluding steroid dienone is 3. The standard InChI is InChI=1S/C5H8IN/c1-3-4-5(2)7-6/h3-4,7H,1H2,2H3/b5-4+. The predicted octanol–water partition coefficient (Wildman–Crippen LogP) is 2.02. The molecule has 2 heteroatoms. The summed E-state index contributed by atoms with van der Waals surface area (Å²) in [4.78, 5) is 0. The van der Waals surface area contributed by atoms with Gasteiger partial charge in [-0.05, 0) is 13.0 Å². The van der Waals surface area contributed by atoms with Crippen molar-refractivity contribution in [2.24, 2.45) is 0 Å². The van der Waals surface area contributed by atoms with Gasteiger partial charge in [-0.15, -0.1) is 0 Å². The quantitative estimate of drug-likeness (QED) is 0.416. The van der Waals surface area contributed by atoms with Crippen LogP contribution in [-0.4, -0.2) is 0 Å². The van der Waals surface area contributed by atoms with Crippen LogP contribution in [0.2, 0.25) is 0 Å². The van der Waals surface area contributed by atoms with E-state index in [0.29, 0.717) is 0 Å². The van der Waals surface area contributed by atoms with Crippen LogP contribution in [0.5, 0.6) is 0 Å². The van der Waals surface area contributed by atoms with Crippen molar-refractivity contribution in [3.63, 3.8) is 0 Å². The lowest BCUT2D eigenvalue weighted by atomic mass is 10.4. The Morgan fingerprint density at radius 1 is 1.86 bits per heavy atom. The molecule has 0 heterocycles. The van der Waals surface area contributed by atoms with Crippen molar-refractivity contribution in [1.82, 2.24) is 3.53 Å². The van der Waals surface area contributed by atoms with Gasteiger partial charge in [-0.3, -0.25) is 0 Å². The minimum Gasteiger partial charge on any atom is -0.332 e. The van der Waals surface area contributed by atoms with E-state index in [9.17, 15) is 0 Å². The molecule has 0 aromatic heterocycles. The molecule has 0 aromatic carbocycles. The van der Waals surface area contributed by atoms with E-state index in [0.717, 1.165) is 5.70 Å². The highest BCUT2D eigenvalue weighted by atomic mass is 127. The van der Waals surface area contributed by atoms with Gasteiger partial charge in [0.25, 0.3) is 0 Å². The molecular weight excluding hydrogens is 201 g/mol. The Morgan fingerprint density at radius 2 is 2.43 bits per heavy atom. The summed E-state index contributed by atoms with van der Waals surface area (Å²) < 4.78 is 2.93. The van der Waals surface area contributed by atoms with Gasteiger partial charge in [0.05, 0.1) is 22.9 Å². The van der Waals surface area contributed by atoms with E-state index in [-0.39, 0.29) is 0 Å². The third-order valence-electron chi connectivity index (χ3n) is 0.517. The summed E-state index contributed by atoms with van der Waals surface area (Å²) in [5.74, 6) is 0. The summed E-state index contributed by atoms with van der Waals surface area (Å²) in [6, 6.07) is 0. The van der Waals surface area contributed by atoms with Crippen molar-refractivity contribution in [2.45, 2.75) is 6.92 Å². The van der Waals surface area contributed by atoms with E-state index in [4.69, 9.17) is 0 Å². The Bertz CT molecular complexity index is 86.1. The van der Waals surface area contributed by atoms with Crippen molar-refractivity contribution < 1.29 is 0 Å².